The van der Waals surface area contributed by atoms with Crippen LogP contribution in [0.2, 0.25) is 0 Å². The third-order valence-corrected chi connectivity index (χ3v) is 5.86. The molecule has 3 nitrogen and oxygen atoms in total. The van der Waals surface area contributed by atoms with E-state index in [9.17, 15) is 4.79 Å². The summed E-state index contributed by atoms with van der Waals surface area (Å²) in [6, 6.07) is 16.5. The van der Waals surface area contributed by atoms with Gasteiger partial charge in [0.05, 0.1) is 6.61 Å². The molecular weight excluding hydrogens is 346 g/mol. The Hall–Kier alpha value is -2.55. The zero-order valence-electron chi connectivity index (χ0n) is 16.7. The fraction of sp³-hybridized carbons (Fsp3) is 0.400. The standard InChI is InChI=1S/C25H29NO2/c1-19-12-14-21(15-13-19)28-17-7-16-26-18-23(22-10-5-6-11-24(22)26)25(27)20-8-3-2-4-9-20/h5-6,10-15,18,20H,2-4,7-9,16-17H2,1H3. The van der Waals surface area contributed by atoms with Crippen LogP contribution >= 0.6 is 0 Å². The first-order valence-corrected chi connectivity index (χ1v) is 10.5. The lowest BCUT2D eigenvalue weighted by Gasteiger charge is -2.19. The lowest BCUT2D eigenvalue weighted by molar-refractivity contribution is 0.0891. The van der Waals surface area contributed by atoms with Crippen LogP contribution in [0.4, 0.5) is 0 Å². The van der Waals surface area contributed by atoms with Crippen molar-refractivity contribution in [1.82, 2.24) is 4.57 Å². The third-order valence-electron chi connectivity index (χ3n) is 5.86. The quantitative estimate of drug-likeness (QED) is 0.365. The molecular formula is C25H29NO2. The summed E-state index contributed by atoms with van der Waals surface area (Å²) >= 11 is 0. The van der Waals surface area contributed by atoms with E-state index in [0.717, 1.165) is 48.0 Å². The van der Waals surface area contributed by atoms with Gasteiger partial charge in [0.1, 0.15) is 5.75 Å². The Morgan fingerprint density at radius 1 is 1.04 bits per heavy atom. The highest BCUT2D eigenvalue weighted by atomic mass is 16.5. The average Bonchev–Trinajstić information content (AvgIpc) is 3.11. The summed E-state index contributed by atoms with van der Waals surface area (Å²) in [6.07, 6.45) is 8.71. The number of carbonyl (C=O) groups excluding carboxylic acids is 1. The normalized spacial score (nSPS) is 15.0. The van der Waals surface area contributed by atoms with Crippen LogP contribution in [-0.2, 0) is 6.54 Å². The predicted molar refractivity (Wildman–Crippen MR) is 114 cm³/mol. The van der Waals surface area contributed by atoms with Crippen molar-refractivity contribution in [2.24, 2.45) is 5.92 Å². The largest absolute Gasteiger partial charge is 0.494 e. The smallest absolute Gasteiger partial charge is 0.168 e. The van der Waals surface area contributed by atoms with Crippen LogP contribution in [0.5, 0.6) is 5.75 Å². The number of para-hydroxylation sites is 1. The molecule has 3 aromatic rings. The summed E-state index contributed by atoms with van der Waals surface area (Å²) < 4.78 is 8.09. The van der Waals surface area contributed by atoms with Crippen molar-refractivity contribution < 1.29 is 9.53 Å². The molecule has 4 rings (SSSR count). The van der Waals surface area contributed by atoms with Gasteiger partial charge in [0.2, 0.25) is 0 Å². The highest BCUT2D eigenvalue weighted by Gasteiger charge is 2.25. The third kappa shape index (κ3) is 4.14. The monoisotopic (exact) mass is 375 g/mol. The van der Waals surface area contributed by atoms with E-state index in [0.29, 0.717) is 12.4 Å². The summed E-state index contributed by atoms with van der Waals surface area (Å²) in [5.41, 5.74) is 3.29. The second-order valence-corrected chi connectivity index (χ2v) is 7.97. The van der Waals surface area contributed by atoms with Gasteiger partial charge in [-0.15, -0.1) is 0 Å². The molecule has 0 amide bonds. The van der Waals surface area contributed by atoms with Crippen molar-refractivity contribution in [2.75, 3.05) is 6.61 Å². The van der Waals surface area contributed by atoms with Crippen LogP contribution in [0, 0.1) is 12.8 Å². The number of ether oxygens (including phenoxy) is 1. The Balaban J connectivity index is 1.45. The molecule has 1 aliphatic rings. The zero-order chi connectivity index (χ0) is 19.3. The summed E-state index contributed by atoms with van der Waals surface area (Å²) in [7, 11) is 0. The molecule has 0 bridgehead atoms. The fourth-order valence-electron chi connectivity index (χ4n) is 4.27. The van der Waals surface area contributed by atoms with Crippen molar-refractivity contribution in [3.63, 3.8) is 0 Å². The van der Waals surface area contributed by atoms with Crippen LogP contribution in [-0.4, -0.2) is 17.0 Å². The molecule has 0 saturated heterocycles. The van der Waals surface area contributed by atoms with E-state index in [-0.39, 0.29) is 5.92 Å². The number of aryl methyl sites for hydroxylation is 2. The van der Waals surface area contributed by atoms with Gasteiger partial charge >= 0.3 is 0 Å². The highest BCUT2D eigenvalue weighted by molar-refractivity contribution is 6.09. The average molecular weight is 376 g/mol. The molecule has 1 aliphatic carbocycles. The molecule has 0 spiro atoms. The van der Waals surface area contributed by atoms with Gasteiger partial charge in [-0.05, 0) is 44.4 Å². The fourth-order valence-corrected chi connectivity index (χ4v) is 4.27. The first kappa shape index (κ1) is 18.8. The van der Waals surface area contributed by atoms with E-state index in [1.807, 2.05) is 18.2 Å². The first-order valence-electron chi connectivity index (χ1n) is 10.5. The maximum absolute atomic E-state index is 13.1. The molecule has 3 heteroatoms. The lowest BCUT2D eigenvalue weighted by Crippen LogP contribution is -2.17. The number of carbonyl (C=O) groups is 1. The van der Waals surface area contributed by atoms with E-state index >= 15 is 0 Å². The van der Waals surface area contributed by atoms with Crippen molar-refractivity contribution in [2.45, 2.75) is 52.0 Å². The molecule has 28 heavy (non-hydrogen) atoms. The van der Waals surface area contributed by atoms with Crippen molar-refractivity contribution >= 4 is 16.7 Å². The molecule has 0 N–H and O–H groups in total. The minimum atomic E-state index is 0.206. The Bertz CT molecular complexity index is 933. The molecule has 1 aromatic heterocycles. The molecule has 0 atom stereocenters. The summed E-state index contributed by atoms with van der Waals surface area (Å²) in [4.78, 5) is 13.1. The number of rotatable bonds is 7. The molecule has 2 aromatic carbocycles. The topological polar surface area (TPSA) is 31.2 Å². The maximum atomic E-state index is 13.1. The Morgan fingerprint density at radius 3 is 2.57 bits per heavy atom. The van der Waals surface area contributed by atoms with Crippen LogP contribution < -0.4 is 4.74 Å². The van der Waals surface area contributed by atoms with Crippen LogP contribution in [0.3, 0.4) is 0 Å². The molecule has 146 valence electrons. The number of benzene rings is 2. The second-order valence-electron chi connectivity index (χ2n) is 7.97. The van der Waals surface area contributed by atoms with Gasteiger partial charge in [-0.1, -0.05) is 55.2 Å². The van der Waals surface area contributed by atoms with E-state index in [1.165, 1.54) is 24.8 Å². The first-order chi connectivity index (χ1) is 13.7. The number of hydrogen-bond donors (Lipinski definition) is 0. The Kier molecular flexibility index (Phi) is 5.80. The number of ketones is 1. The van der Waals surface area contributed by atoms with E-state index in [1.54, 1.807) is 0 Å². The SMILES string of the molecule is Cc1ccc(OCCCn2cc(C(=O)C3CCCCC3)c3ccccc32)cc1. The summed E-state index contributed by atoms with van der Waals surface area (Å²) in [5, 5.41) is 1.09. The number of aromatic nitrogens is 1. The van der Waals surface area contributed by atoms with Gasteiger partial charge < -0.3 is 9.30 Å². The zero-order valence-corrected chi connectivity index (χ0v) is 16.7. The van der Waals surface area contributed by atoms with Crippen molar-refractivity contribution in [3.8, 4) is 5.75 Å². The second kappa shape index (κ2) is 8.64. The molecule has 0 radical (unpaired) electrons. The van der Waals surface area contributed by atoms with Crippen molar-refractivity contribution in [3.05, 3.63) is 65.9 Å². The minimum Gasteiger partial charge on any atom is -0.494 e. The van der Waals surface area contributed by atoms with Crippen LogP contribution in [0.1, 0.15) is 54.4 Å². The Morgan fingerprint density at radius 2 is 1.79 bits per heavy atom. The highest BCUT2D eigenvalue weighted by Crippen LogP contribution is 2.30. The van der Waals surface area contributed by atoms with Crippen LogP contribution in [0.25, 0.3) is 10.9 Å². The predicted octanol–water partition coefficient (Wildman–Crippen LogP) is 6.18. The number of Topliss-reactive ketones (excluding diaryl/α,β-unsaturated/α-hetero) is 1. The van der Waals surface area contributed by atoms with Crippen molar-refractivity contribution in [1.29, 1.82) is 0 Å². The number of nitrogens with zero attached hydrogens (tertiary/aromatic N) is 1. The van der Waals surface area contributed by atoms with Gasteiger partial charge in [-0.3, -0.25) is 4.79 Å². The molecule has 1 saturated carbocycles. The van der Waals surface area contributed by atoms with Gasteiger partial charge in [0, 0.05) is 35.1 Å². The maximum Gasteiger partial charge on any atom is 0.168 e. The minimum absolute atomic E-state index is 0.206. The lowest BCUT2D eigenvalue weighted by atomic mass is 9.84. The van der Waals surface area contributed by atoms with E-state index in [4.69, 9.17) is 4.74 Å². The molecule has 0 aliphatic heterocycles. The Labute approximate surface area is 167 Å². The summed E-state index contributed by atoms with van der Waals surface area (Å²) in [5.74, 6) is 1.46. The van der Waals surface area contributed by atoms with Gasteiger partial charge in [0.15, 0.2) is 5.78 Å². The molecule has 1 fully saturated rings. The van der Waals surface area contributed by atoms with E-state index < -0.39 is 0 Å². The number of fused-ring (bicyclic) bond motifs is 1. The molecule has 0 unspecified atom stereocenters. The van der Waals surface area contributed by atoms with Gasteiger partial charge in [0.25, 0.3) is 0 Å². The molecule has 1 heterocycles. The van der Waals surface area contributed by atoms with E-state index in [2.05, 4.69) is 48.0 Å². The van der Waals surface area contributed by atoms with Crippen LogP contribution in [0.15, 0.2) is 54.7 Å². The number of hydrogen-bond acceptors (Lipinski definition) is 2. The summed E-state index contributed by atoms with van der Waals surface area (Å²) in [6.45, 7) is 3.60. The van der Waals surface area contributed by atoms with Gasteiger partial charge in [-0.25, -0.2) is 0 Å². The van der Waals surface area contributed by atoms with Gasteiger partial charge in [-0.2, -0.15) is 0 Å².